The molecule has 0 N–H and O–H groups in total. The van der Waals surface area contributed by atoms with Crippen LogP contribution in [-0.2, 0) is 5.41 Å². The molecule has 1 aliphatic heterocycles. The Bertz CT molecular complexity index is 1880. The molecule has 0 fully saturated rings. The van der Waals surface area contributed by atoms with Crippen LogP contribution in [0.1, 0.15) is 32.6 Å². The summed E-state index contributed by atoms with van der Waals surface area (Å²) in [5.74, 6) is 0.0214. The minimum atomic E-state index is -0.683. The van der Waals surface area contributed by atoms with Gasteiger partial charge in [-0.1, -0.05) is 105 Å². The van der Waals surface area contributed by atoms with E-state index in [2.05, 4.69) is 105 Å². The lowest BCUT2D eigenvalue weighted by atomic mass is 9.61. The number of carbonyl (C=O) groups is 1. The molecule has 0 amide bonds. The average Bonchev–Trinajstić information content (AvgIpc) is 3.19. The summed E-state index contributed by atoms with van der Waals surface area (Å²) in [5.41, 5.74) is 9.48. The van der Waals surface area contributed by atoms with Crippen molar-refractivity contribution in [2.75, 3.05) is 0 Å². The van der Waals surface area contributed by atoms with Crippen LogP contribution in [0.15, 0.2) is 123 Å². The third-order valence-electron chi connectivity index (χ3n) is 7.97. The van der Waals surface area contributed by atoms with Crippen LogP contribution in [0.2, 0.25) is 0 Å². The van der Waals surface area contributed by atoms with Crippen molar-refractivity contribution in [3.8, 4) is 11.1 Å². The van der Waals surface area contributed by atoms with Crippen LogP contribution in [0.3, 0.4) is 0 Å². The Hall–Kier alpha value is -3.60. The van der Waals surface area contributed by atoms with Crippen molar-refractivity contribution in [1.82, 2.24) is 0 Å². The van der Waals surface area contributed by atoms with E-state index in [1.165, 1.54) is 11.1 Å². The van der Waals surface area contributed by atoms with E-state index in [0.29, 0.717) is 5.56 Å². The predicted octanol–water partition coefficient (Wildman–Crippen LogP) is 8.94. The molecule has 4 heteroatoms. The fourth-order valence-electron chi connectivity index (χ4n) is 6.52. The van der Waals surface area contributed by atoms with E-state index < -0.39 is 5.41 Å². The lowest BCUT2D eigenvalue weighted by Crippen LogP contribution is -2.38. The fourth-order valence-corrected chi connectivity index (χ4v) is 7.24. The molecule has 2 aliphatic carbocycles. The van der Waals surface area contributed by atoms with E-state index in [1.54, 1.807) is 0 Å². The molecule has 8 rings (SSSR count). The van der Waals surface area contributed by atoms with Gasteiger partial charge in [0.2, 0.25) is 0 Å². The van der Waals surface area contributed by atoms with Crippen LogP contribution in [0.25, 0.3) is 21.9 Å². The molecule has 174 valence electrons. The molecule has 0 aromatic heterocycles. The van der Waals surface area contributed by atoms with Gasteiger partial charge in [-0.25, -0.2) is 4.99 Å². The lowest BCUT2D eigenvalue weighted by molar-refractivity contribution is 0.104. The van der Waals surface area contributed by atoms with Crippen molar-refractivity contribution in [3.63, 3.8) is 0 Å². The summed E-state index contributed by atoms with van der Waals surface area (Å²) in [4.78, 5) is 19.0. The van der Waals surface area contributed by atoms with E-state index in [0.717, 1.165) is 58.9 Å². The Balaban J connectivity index is 1.63. The third-order valence-corrected chi connectivity index (χ3v) is 8.96. The lowest BCUT2D eigenvalue weighted by Gasteiger charge is -2.41. The number of benzene rings is 5. The Labute approximate surface area is 230 Å². The maximum Gasteiger partial charge on any atom is 0.186 e. The molecule has 5 aromatic carbocycles. The highest BCUT2D eigenvalue weighted by atomic mass is 79.9. The normalized spacial score (nSPS) is 15.9. The van der Waals surface area contributed by atoms with Gasteiger partial charge in [0.1, 0.15) is 0 Å². The first-order valence-corrected chi connectivity index (χ1v) is 13.7. The predicted molar refractivity (Wildman–Crippen MR) is 156 cm³/mol. The van der Waals surface area contributed by atoms with Gasteiger partial charge in [-0.3, -0.25) is 4.79 Å². The maximum atomic E-state index is 13.6. The molecule has 37 heavy (non-hydrogen) atoms. The van der Waals surface area contributed by atoms with E-state index >= 15 is 0 Å². The van der Waals surface area contributed by atoms with Gasteiger partial charge in [0, 0.05) is 31.0 Å². The number of halogens is 2. The summed E-state index contributed by atoms with van der Waals surface area (Å²) < 4.78 is 2.01. The molecular formula is C33H17Br2NO. The summed E-state index contributed by atoms with van der Waals surface area (Å²) in [7, 11) is 0. The minimum Gasteiger partial charge on any atom is -0.289 e. The van der Waals surface area contributed by atoms with Gasteiger partial charge >= 0.3 is 0 Å². The molecule has 0 unspecified atom stereocenters. The molecule has 0 bridgehead atoms. The van der Waals surface area contributed by atoms with Gasteiger partial charge < -0.3 is 0 Å². The zero-order chi connectivity index (χ0) is 24.9. The standard InChI is InChI=1S/C33H17Br2NO/c34-19-10-12-22-23-13-11-20(35)16-28(23)33(27(22)15-19)26-14-9-18-5-1-2-6-21(18)31(26)36-32-25-8-4-3-7-24(25)30(37)17-29(32)33/h1-17H. The van der Waals surface area contributed by atoms with E-state index in [1.807, 2.05) is 30.3 Å². The third kappa shape index (κ3) is 2.70. The van der Waals surface area contributed by atoms with Crippen LogP contribution in [-0.4, -0.2) is 11.5 Å². The topological polar surface area (TPSA) is 29.4 Å². The number of allylic oxidation sites excluding steroid dienone is 2. The first-order valence-electron chi connectivity index (χ1n) is 12.1. The summed E-state index contributed by atoms with van der Waals surface area (Å²) in [6, 6.07) is 33.7. The maximum absolute atomic E-state index is 13.6. The number of hydrogen-bond acceptors (Lipinski definition) is 2. The molecule has 1 heterocycles. The SMILES string of the molecule is O=C1C=C2C(=Nc3c(ccc4ccccc34)C23c2cc(Br)ccc2-c2ccc(Br)cc23)c2ccccc21. The van der Waals surface area contributed by atoms with Crippen LogP contribution in [0, 0.1) is 0 Å². The van der Waals surface area contributed by atoms with Gasteiger partial charge in [0.25, 0.3) is 0 Å². The first-order chi connectivity index (χ1) is 18.1. The van der Waals surface area contributed by atoms with Gasteiger partial charge in [-0.15, -0.1) is 0 Å². The summed E-state index contributed by atoms with van der Waals surface area (Å²) in [5, 5.41) is 2.26. The quantitative estimate of drug-likeness (QED) is 0.174. The first kappa shape index (κ1) is 21.5. The molecule has 0 radical (unpaired) electrons. The van der Waals surface area contributed by atoms with Crippen LogP contribution in [0.4, 0.5) is 5.69 Å². The number of ketones is 1. The van der Waals surface area contributed by atoms with E-state index in [9.17, 15) is 4.79 Å². The van der Waals surface area contributed by atoms with Crippen molar-refractivity contribution in [2.24, 2.45) is 4.99 Å². The van der Waals surface area contributed by atoms with Gasteiger partial charge in [0.05, 0.1) is 16.8 Å². The summed E-state index contributed by atoms with van der Waals surface area (Å²) in [6.45, 7) is 0. The summed E-state index contributed by atoms with van der Waals surface area (Å²) in [6.07, 6.45) is 1.83. The van der Waals surface area contributed by atoms with E-state index in [-0.39, 0.29) is 5.78 Å². The number of fused-ring (bicyclic) bond motifs is 13. The van der Waals surface area contributed by atoms with Crippen LogP contribution < -0.4 is 0 Å². The smallest absolute Gasteiger partial charge is 0.186 e. The molecule has 0 saturated carbocycles. The number of carbonyl (C=O) groups excluding carboxylic acids is 1. The molecule has 1 spiro atoms. The van der Waals surface area contributed by atoms with Crippen LogP contribution in [0.5, 0.6) is 0 Å². The largest absolute Gasteiger partial charge is 0.289 e. The second-order valence-electron chi connectivity index (χ2n) is 9.74. The Morgan fingerprint density at radius 1 is 0.622 bits per heavy atom. The molecule has 3 aliphatic rings. The van der Waals surface area contributed by atoms with E-state index in [4.69, 9.17) is 4.99 Å². The van der Waals surface area contributed by atoms with Crippen molar-refractivity contribution in [2.45, 2.75) is 5.41 Å². The highest BCUT2D eigenvalue weighted by Crippen LogP contribution is 2.62. The van der Waals surface area contributed by atoms with Gasteiger partial charge in [0.15, 0.2) is 5.78 Å². The second-order valence-corrected chi connectivity index (χ2v) is 11.6. The molecule has 2 nitrogen and oxygen atoms in total. The molecule has 0 atom stereocenters. The number of rotatable bonds is 0. The average molecular weight is 603 g/mol. The summed E-state index contributed by atoms with van der Waals surface area (Å²) >= 11 is 7.51. The molecular weight excluding hydrogens is 586 g/mol. The zero-order valence-electron chi connectivity index (χ0n) is 19.4. The zero-order valence-corrected chi connectivity index (χ0v) is 22.6. The van der Waals surface area contributed by atoms with Crippen molar-refractivity contribution in [3.05, 3.63) is 145 Å². The van der Waals surface area contributed by atoms with Crippen molar-refractivity contribution >= 4 is 59.8 Å². The number of hydrogen-bond donors (Lipinski definition) is 0. The monoisotopic (exact) mass is 601 g/mol. The highest BCUT2D eigenvalue weighted by molar-refractivity contribution is 9.10. The Morgan fingerprint density at radius 2 is 1.27 bits per heavy atom. The number of nitrogens with zero attached hydrogens (tertiary/aromatic N) is 1. The minimum absolute atomic E-state index is 0.0214. The molecule has 5 aromatic rings. The highest BCUT2D eigenvalue weighted by Gasteiger charge is 2.53. The van der Waals surface area contributed by atoms with Crippen molar-refractivity contribution < 1.29 is 4.79 Å². The number of aliphatic imine (C=N–C) groups is 1. The van der Waals surface area contributed by atoms with Gasteiger partial charge in [-0.2, -0.15) is 0 Å². The molecule has 0 saturated heterocycles. The fraction of sp³-hybridized carbons (Fsp3) is 0.0303. The van der Waals surface area contributed by atoms with Crippen LogP contribution >= 0.6 is 31.9 Å². The van der Waals surface area contributed by atoms with Gasteiger partial charge in [-0.05, 0) is 63.5 Å². The second kappa shape index (κ2) is 7.47. The Morgan fingerprint density at radius 3 is 2.00 bits per heavy atom. The Kier molecular flexibility index (Phi) is 4.34. The van der Waals surface area contributed by atoms with Crippen molar-refractivity contribution in [1.29, 1.82) is 0 Å².